The molecule has 5 rings (SSSR count). The van der Waals surface area contributed by atoms with Crippen molar-refractivity contribution in [2.45, 2.75) is 72.2 Å². The first-order valence-electron chi connectivity index (χ1n) is 16.2. The van der Waals surface area contributed by atoms with Crippen molar-refractivity contribution < 1.29 is 22.7 Å². The quantitative estimate of drug-likeness (QED) is 0.171. The van der Waals surface area contributed by atoms with Gasteiger partial charge in [0.2, 0.25) is 0 Å². The molecule has 4 aromatic rings. The summed E-state index contributed by atoms with van der Waals surface area (Å²) in [5.41, 5.74) is 6.17. The number of hydrogen-bond acceptors (Lipinski definition) is 5. The van der Waals surface area contributed by atoms with E-state index in [4.69, 9.17) is 0 Å². The fraction of sp³-hybridized carbons (Fsp3) is 0.389. The number of amides is 2. The number of rotatable bonds is 11. The van der Waals surface area contributed by atoms with Crippen LogP contribution in [0.25, 0.3) is 17.1 Å². The summed E-state index contributed by atoms with van der Waals surface area (Å²) in [7, 11) is 0. The van der Waals surface area contributed by atoms with E-state index in [0.717, 1.165) is 59.8 Å². The van der Waals surface area contributed by atoms with Gasteiger partial charge in [-0.2, -0.15) is 4.99 Å². The molecule has 2 atom stereocenters. The number of carbonyl (C=O) groups is 1. The molecule has 1 aliphatic heterocycles. The van der Waals surface area contributed by atoms with Gasteiger partial charge in [-0.1, -0.05) is 68.4 Å². The number of urea groups is 1. The van der Waals surface area contributed by atoms with Crippen molar-refractivity contribution in [2.75, 3.05) is 17.2 Å². The number of carbonyl (C=O) groups excluding carboxylic acids is 1. The Bertz CT molecular complexity index is 1710. The summed E-state index contributed by atoms with van der Waals surface area (Å²) >= 11 is 1.64. The summed E-state index contributed by atoms with van der Waals surface area (Å²) in [6.07, 6.45) is 1.49. The second-order valence-electron chi connectivity index (χ2n) is 12.2. The van der Waals surface area contributed by atoms with Crippen molar-refractivity contribution in [3.63, 3.8) is 0 Å². The number of halogens is 3. The van der Waals surface area contributed by atoms with Crippen LogP contribution in [0.2, 0.25) is 0 Å². The van der Waals surface area contributed by atoms with Gasteiger partial charge < -0.3 is 15.0 Å². The van der Waals surface area contributed by atoms with Crippen LogP contribution in [0.15, 0.2) is 78.0 Å². The van der Waals surface area contributed by atoms with Gasteiger partial charge in [0, 0.05) is 29.6 Å². The van der Waals surface area contributed by atoms with E-state index in [1.807, 2.05) is 24.3 Å². The van der Waals surface area contributed by atoms with Crippen LogP contribution in [0.1, 0.15) is 56.7 Å². The van der Waals surface area contributed by atoms with Gasteiger partial charge >= 0.3 is 12.4 Å². The minimum absolute atomic E-state index is 0.260. The van der Waals surface area contributed by atoms with Crippen LogP contribution in [0.5, 0.6) is 5.75 Å². The molecule has 2 heterocycles. The maximum absolute atomic E-state index is 12.9. The Morgan fingerprint density at radius 2 is 1.88 bits per heavy atom. The average molecular weight is 679 g/mol. The number of aryl methyl sites for hydroxylation is 2. The lowest BCUT2D eigenvalue weighted by Crippen LogP contribution is -2.42. The topological polar surface area (TPSA) is 84.6 Å². The molecule has 2 amide bonds. The fourth-order valence-electron chi connectivity index (χ4n) is 5.68. The first-order chi connectivity index (χ1) is 23.0. The largest absolute Gasteiger partial charge is 0.573 e. The van der Waals surface area contributed by atoms with Crippen molar-refractivity contribution in [3.8, 4) is 22.8 Å². The zero-order valence-electron chi connectivity index (χ0n) is 27.6. The molecule has 0 aliphatic carbocycles. The summed E-state index contributed by atoms with van der Waals surface area (Å²) in [6, 6.07) is 19.9. The van der Waals surface area contributed by atoms with Crippen molar-refractivity contribution in [1.29, 1.82) is 0 Å². The summed E-state index contributed by atoms with van der Waals surface area (Å²) in [6.45, 7) is 9.17. The Balaban J connectivity index is 1.13. The standard InChI is InChI=1S/C36H41F3N6O2S/c1-5-6-28-10-7-24(2)22-32(28)45-26(4)18-20-48-35(45)42-34(46)40-19-17-25(3)21-27-8-11-29(12-9-27)33-41-23-44(43-33)30-13-15-31(16-14-30)47-36(37,38)39/h7-16,22-23,25-26H,5-6,17-21H2,1-4H3,(H,40,46)/b42-35-. The van der Waals surface area contributed by atoms with E-state index in [-0.39, 0.29) is 17.8 Å². The maximum Gasteiger partial charge on any atom is 0.573 e. The number of thioether (sulfide) groups is 1. The van der Waals surface area contributed by atoms with Gasteiger partial charge in [-0.3, -0.25) is 0 Å². The molecule has 1 aromatic heterocycles. The lowest BCUT2D eigenvalue weighted by Gasteiger charge is -2.37. The molecule has 8 nitrogen and oxygen atoms in total. The second-order valence-corrected chi connectivity index (χ2v) is 13.3. The molecule has 2 unspecified atom stereocenters. The number of nitrogens with one attached hydrogen (secondary N) is 1. The SMILES string of the molecule is CCCc1ccc(C)cc1N1/C(=N/C(=O)NCCC(C)Cc2ccc(-c3ncn(-c4ccc(OC(F)(F)F)cc4)n3)cc2)SCCC1C. The minimum Gasteiger partial charge on any atom is -0.406 e. The molecule has 1 N–H and O–H groups in total. The van der Waals surface area contributed by atoms with Crippen LogP contribution in [0.3, 0.4) is 0 Å². The highest BCUT2D eigenvalue weighted by atomic mass is 32.2. The summed E-state index contributed by atoms with van der Waals surface area (Å²) < 4.78 is 42.8. The monoisotopic (exact) mass is 678 g/mol. The molecule has 254 valence electrons. The molecule has 1 fully saturated rings. The fourth-order valence-corrected chi connectivity index (χ4v) is 6.89. The molecule has 12 heteroatoms. The predicted octanol–water partition coefficient (Wildman–Crippen LogP) is 8.76. The zero-order chi connectivity index (χ0) is 34.3. The Morgan fingerprint density at radius 3 is 2.58 bits per heavy atom. The second kappa shape index (κ2) is 15.7. The van der Waals surface area contributed by atoms with Gasteiger partial charge in [0.25, 0.3) is 0 Å². The first-order valence-corrected chi connectivity index (χ1v) is 17.2. The molecule has 48 heavy (non-hydrogen) atoms. The number of ether oxygens (including phenoxy) is 1. The number of aromatic nitrogens is 3. The van der Waals surface area contributed by atoms with E-state index in [9.17, 15) is 18.0 Å². The molecule has 1 saturated heterocycles. The highest BCUT2D eigenvalue weighted by molar-refractivity contribution is 8.14. The van der Waals surface area contributed by atoms with Gasteiger partial charge in [0.15, 0.2) is 11.0 Å². The Kier molecular flexibility index (Phi) is 11.5. The highest BCUT2D eigenvalue weighted by Crippen LogP contribution is 2.33. The lowest BCUT2D eigenvalue weighted by atomic mass is 9.97. The number of aliphatic imine (C=N–C) groups is 1. The smallest absolute Gasteiger partial charge is 0.406 e. The van der Waals surface area contributed by atoms with Crippen LogP contribution >= 0.6 is 11.8 Å². The number of benzene rings is 3. The molecule has 0 saturated carbocycles. The summed E-state index contributed by atoms with van der Waals surface area (Å²) in [5, 5.41) is 8.23. The molecule has 3 aromatic carbocycles. The first kappa shape index (κ1) is 35.0. The highest BCUT2D eigenvalue weighted by Gasteiger charge is 2.31. The number of hydrogen-bond donors (Lipinski definition) is 1. The van der Waals surface area contributed by atoms with Gasteiger partial charge in [-0.05, 0) is 92.5 Å². The summed E-state index contributed by atoms with van der Waals surface area (Å²) in [4.78, 5) is 24.1. The molecule has 0 spiro atoms. The Labute approximate surface area is 283 Å². The normalized spacial score (nSPS) is 16.6. The third kappa shape index (κ3) is 9.40. The van der Waals surface area contributed by atoms with Crippen LogP contribution in [-0.4, -0.2) is 50.7 Å². The van der Waals surface area contributed by atoms with E-state index >= 15 is 0 Å². The minimum atomic E-state index is -4.74. The summed E-state index contributed by atoms with van der Waals surface area (Å²) in [5.74, 6) is 1.47. The van der Waals surface area contributed by atoms with Crippen LogP contribution in [-0.2, 0) is 12.8 Å². The Morgan fingerprint density at radius 1 is 1.12 bits per heavy atom. The zero-order valence-corrected chi connectivity index (χ0v) is 28.4. The van der Waals surface area contributed by atoms with Crippen LogP contribution in [0, 0.1) is 12.8 Å². The number of nitrogens with zero attached hydrogens (tertiary/aromatic N) is 5. The molecule has 0 bridgehead atoms. The van der Waals surface area contributed by atoms with Crippen molar-refractivity contribution in [3.05, 3.63) is 89.7 Å². The molecule has 0 radical (unpaired) electrons. The average Bonchev–Trinajstić information content (AvgIpc) is 3.53. The third-order valence-corrected chi connectivity index (χ3v) is 9.15. The number of anilines is 1. The van der Waals surface area contributed by atoms with E-state index < -0.39 is 6.36 Å². The lowest BCUT2D eigenvalue weighted by molar-refractivity contribution is -0.274. The number of alkyl halides is 3. The van der Waals surface area contributed by atoms with Crippen LogP contribution < -0.4 is 15.0 Å². The predicted molar refractivity (Wildman–Crippen MR) is 186 cm³/mol. The number of amidine groups is 1. The van der Waals surface area contributed by atoms with E-state index in [1.54, 1.807) is 11.8 Å². The van der Waals surface area contributed by atoms with E-state index in [1.165, 1.54) is 46.4 Å². The van der Waals surface area contributed by atoms with Gasteiger partial charge in [-0.25, -0.2) is 14.5 Å². The van der Waals surface area contributed by atoms with Crippen molar-refractivity contribution in [1.82, 2.24) is 20.1 Å². The molecular formula is C36H41F3N6O2S. The molecular weight excluding hydrogens is 637 g/mol. The van der Waals surface area contributed by atoms with Crippen LogP contribution in [0.4, 0.5) is 23.7 Å². The van der Waals surface area contributed by atoms with Gasteiger partial charge in [0.1, 0.15) is 12.1 Å². The maximum atomic E-state index is 12.9. The van der Waals surface area contributed by atoms with E-state index in [2.05, 4.69) is 75.9 Å². The Hall–Kier alpha value is -4.32. The van der Waals surface area contributed by atoms with Gasteiger partial charge in [-0.15, -0.1) is 18.3 Å². The van der Waals surface area contributed by atoms with Gasteiger partial charge in [0.05, 0.1) is 5.69 Å². The molecule has 1 aliphatic rings. The van der Waals surface area contributed by atoms with Crippen molar-refractivity contribution >= 4 is 28.6 Å². The van der Waals surface area contributed by atoms with E-state index in [0.29, 0.717) is 24.0 Å². The van der Waals surface area contributed by atoms with Crippen molar-refractivity contribution in [2.24, 2.45) is 10.9 Å². The third-order valence-electron chi connectivity index (χ3n) is 8.17.